The molecule has 1 amide bonds. The van der Waals surface area contributed by atoms with Crippen molar-refractivity contribution in [2.75, 3.05) is 39.2 Å². The van der Waals surface area contributed by atoms with Crippen LogP contribution in [0.15, 0.2) is 60.7 Å². The first-order valence-electron chi connectivity index (χ1n) is 10.5. The molecule has 1 heterocycles. The summed E-state index contributed by atoms with van der Waals surface area (Å²) in [5, 5.41) is 5.80. The number of nitrogens with zero attached hydrogens (tertiary/aromatic N) is 1. The zero-order chi connectivity index (χ0) is 21.6. The van der Waals surface area contributed by atoms with Crippen LogP contribution in [0, 0.1) is 0 Å². The van der Waals surface area contributed by atoms with Crippen LogP contribution in [-0.4, -0.2) is 50.8 Å². The fourth-order valence-electron chi connectivity index (χ4n) is 3.90. The molecule has 1 N–H and O–H groups in total. The number of methoxy groups -OCH3 is 2. The van der Waals surface area contributed by atoms with Crippen LogP contribution in [-0.2, 0) is 4.79 Å². The van der Waals surface area contributed by atoms with Crippen LogP contribution >= 0.6 is 0 Å². The average molecular weight is 421 g/mol. The number of hydrogen-bond donors (Lipinski definition) is 1. The molecule has 0 spiro atoms. The molecule has 0 unspecified atom stereocenters. The molecule has 0 saturated carbocycles. The second kappa shape index (κ2) is 9.60. The maximum atomic E-state index is 12.6. The zero-order valence-electron chi connectivity index (χ0n) is 18.0. The van der Waals surface area contributed by atoms with Gasteiger partial charge in [-0.1, -0.05) is 30.3 Å². The third-order valence-corrected chi connectivity index (χ3v) is 5.70. The fourth-order valence-corrected chi connectivity index (χ4v) is 3.90. The van der Waals surface area contributed by atoms with E-state index >= 15 is 0 Å². The van der Waals surface area contributed by atoms with Gasteiger partial charge in [-0.05, 0) is 47.9 Å². The Morgan fingerprint density at radius 3 is 2.42 bits per heavy atom. The van der Waals surface area contributed by atoms with Gasteiger partial charge in [-0.25, -0.2) is 0 Å². The summed E-state index contributed by atoms with van der Waals surface area (Å²) in [5.74, 6) is 2.25. The number of likely N-dealkylation sites (tertiary alicyclic amines) is 1. The molecule has 31 heavy (non-hydrogen) atoms. The molecule has 1 saturated heterocycles. The third-order valence-electron chi connectivity index (χ3n) is 5.70. The smallest absolute Gasteiger partial charge is 0.260 e. The summed E-state index contributed by atoms with van der Waals surface area (Å²) in [6.07, 6.45) is 1.74. The lowest BCUT2D eigenvalue weighted by Crippen LogP contribution is -2.44. The highest BCUT2D eigenvalue weighted by Crippen LogP contribution is 2.30. The van der Waals surface area contributed by atoms with Crippen molar-refractivity contribution in [2.24, 2.45) is 0 Å². The number of carbonyl (C=O) groups excluding carboxylic acids is 1. The van der Waals surface area contributed by atoms with Crippen LogP contribution in [0.3, 0.4) is 0 Å². The van der Waals surface area contributed by atoms with Gasteiger partial charge in [-0.3, -0.25) is 4.79 Å². The number of anilines is 1. The first kappa shape index (κ1) is 20.8. The van der Waals surface area contributed by atoms with Crippen molar-refractivity contribution in [3.63, 3.8) is 0 Å². The minimum Gasteiger partial charge on any atom is -0.497 e. The van der Waals surface area contributed by atoms with E-state index in [0.717, 1.165) is 46.6 Å². The van der Waals surface area contributed by atoms with Gasteiger partial charge in [-0.15, -0.1) is 0 Å². The SMILES string of the molecule is COc1ccc(NC2CCN(C(=O)COc3ccc4ccccc4c3)CC2)c(OC)c1. The summed E-state index contributed by atoms with van der Waals surface area (Å²) in [7, 11) is 3.29. The summed E-state index contributed by atoms with van der Waals surface area (Å²) in [5.41, 5.74) is 0.938. The highest BCUT2D eigenvalue weighted by atomic mass is 16.5. The van der Waals surface area contributed by atoms with Gasteiger partial charge >= 0.3 is 0 Å². The van der Waals surface area contributed by atoms with Gasteiger partial charge in [0.15, 0.2) is 6.61 Å². The topological polar surface area (TPSA) is 60.0 Å². The number of carbonyl (C=O) groups is 1. The molecule has 3 aromatic rings. The van der Waals surface area contributed by atoms with E-state index in [-0.39, 0.29) is 18.6 Å². The maximum absolute atomic E-state index is 12.6. The van der Waals surface area contributed by atoms with Crippen molar-refractivity contribution in [1.29, 1.82) is 0 Å². The second-order valence-corrected chi connectivity index (χ2v) is 7.66. The van der Waals surface area contributed by atoms with E-state index in [9.17, 15) is 4.79 Å². The molecule has 0 bridgehead atoms. The van der Waals surface area contributed by atoms with Gasteiger partial charge in [0.2, 0.25) is 0 Å². The van der Waals surface area contributed by atoms with E-state index in [1.54, 1.807) is 14.2 Å². The van der Waals surface area contributed by atoms with Crippen LogP contribution in [0.2, 0.25) is 0 Å². The van der Waals surface area contributed by atoms with Crippen LogP contribution in [0.1, 0.15) is 12.8 Å². The van der Waals surface area contributed by atoms with E-state index in [2.05, 4.69) is 11.4 Å². The van der Waals surface area contributed by atoms with E-state index < -0.39 is 0 Å². The fraction of sp³-hybridized carbons (Fsp3) is 0.320. The summed E-state index contributed by atoms with van der Waals surface area (Å²) in [6.45, 7) is 1.47. The van der Waals surface area contributed by atoms with Gasteiger partial charge in [0.1, 0.15) is 17.2 Å². The molecule has 162 valence electrons. The average Bonchev–Trinajstić information content (AvgIpc) is 2.83. The molecule has 1 aliphatic rings. The van der Waals surface area contributed by atoms with E-state index in [0.29, 0.717) is 13.1 Å². The van der Waals surface area contributed by atoms with Crippen molar-refractivity contribution < 1.29 is 19.0 Å². The Balaban J connectivity index is 1.27. The highest BCUT2D eigenvalue weighted by molar-refractivity contribution is 5.84. The predicted molar refractivity (Wildman–Crippen MR) is 122 cm³/mol. The van der Waals surface area contributed by atoms with Crippen LogP contribution in [0.25, 0.3) is 10.8 Å². The molecule has 3 aromatic carbocycles. The second-order valence-electron chi connectivity index (χ2n) is 7.66. The van der Waals surface area contributed by atoms with Crippen LogP contribution < -0.4 is 19.5 Å². The number of piperidine rings is 1. The summed E-state index contributed by atoms with van der Waals surface area (Å²) >= 11 is 0. The van der Waals surface area contributed by atoms with Crippen molar-refractivity contribution >= 4 is 22.4 Å². The van der Waals surface area contributed by atoms with Gasteiger partial charge in [-0.2, -0.15) is 0 Å². The number of benzene rings is 3. The number of fused-ring (bicyclic) bond motifs is 1. The Kier molecular flexibility index (Phi) is 6.46. The molecule has 0 aliphatic carbocycles. The first-order valence-corrected chi connectivity index (χ1v) is 10.5. The molecule has 0 atom stereocenters. The van der Waals surface area contributed by atoms with Gasteiger partial charge in [0, 0.05) is 25.2 Å². The minimum atomic E-state index is 0.0219. The number of nitrogens with one attached hydrogen (secondary N) is 1. The Labute approximate surface area is 182 Å². The Morgan fingerprint density at radius 1 is 0.935 bits per heavy atom. The molecular weight excluding hydrogens is 392 g/mol. The predicted octanol–water partition coefficient (Wildman–Crippen LogP) is 4.34. The number of hydrogen-bond acceptors (Lipinski definition) is 5. The number of ether oxygens (including phenoxy) is 3. The van der Waals surface area contributed by atoms with Gasteiger partial charge in [0.25, 0.3) is 5.91 Å². The van der Waals surface area contributed by atoms with Gasteiger partial charge in [0.05, 0.1) is 19.9 Å². The standard InChI is InChI=1S/C25H28N2O4/c1-29-21-9-10-23(24(16-21)30-2)26-20-11-13-27(14-12-20)25(28)17-31-22-8-7-18-5-3-4-6-19(18)15-22/h3-10,15-16,20,26H,11-14,17H2,1-2H3. The molecule has 4 rings (SSSR count). The van der Waals surface area contributed by atoms with Gasteiger partial charge < -0.3 is 24.4 Å². The first-order chi connectivity index (χ1) is 15.2. The van der Waals surface area contributed by atoms with E-state index in [1.165, 1.54) is 0 Å². The largest absolute Gasteiger partial charge is 0.497 e. The number of rotatable bonds is 7. The Bertz CT molecular complexity index is 1040. The van der Waals surface area contributed by atoms with Crippen molar-refractivity contribution in [2.45, 2.75) is 18.9 Å². The van der Waals surface area contributed by atoms with Crippen molar-refractivity contribution in [1.82, 2.24) is 4.90 Å². The summed E-state index contributed by atoms with van der Waals surface area (Å²) in [6, 6.07) is 20.0. The molecule has 0 radical (unpaired) electrons. The normalized spacial score (nSPS) is 14.3. The highest BCUT2D eigenvalue weighted by Gasteiger charge is 2.23. The summed E-state index contributed by atoms with van der Waals surface area (Å²) in [4.78, 5) is 14.5. The van der Waals surface area contributed by atoms with Crippen molar-refractivity contribution in [3.8, 4) is 17.2 Å². The monoisotopic (exact) mass is 420 g/mol. The maximum Gasteiger partial charge on any atom is 0.260 e. The Hall–Kier alpha value is -3.41. The van der Waals surface area contributed by atoms with E-state index in [4.69, 9.17) is 14.2 Å². The summed E-state index contributed by atoms with van der Waals surface area (Å²) < 4.78 is 16.5. The van der Waals surface area contributed by atoms with Crippen LogP contribution in [0.5, 0.6) is 17.2 Å². The van der Waals surface area contributed by atoms with Crippen molar-refractivity contribution in [3.05, 3.63) is 60.7 Å². The molecule has 6 heteroatoms. The molecular formula is C25H28N2O4. The lowest BCUT2D eigenvalue weighted by Gasteiger charge is -2.33. The molecule has 1 fully saturated rings. The minimum absolute atomic E-state index is 0.0219. The Morgan fingerprint density at radius 2 is 1.68 bits per heavy atom. The van der Waals surface area contributed by atoms with E-state index in [1.807, 2.05) is 59.5 Å². The quantitative estimate of drug-likeness (QED) is 0.616. The molecule has 6 nitrogen and oxygen atoms in total. The number of amides is 1. The third kappa shape index (κ3) is 5.02. The lowest BCUT2D eigenvalue weighted by atomic mass is 10.0. The molecule has 0 aromatic heterocycles. The van der Waals surface area contributed by atoms with Crippen LogP contribution in [0.4, 0.5) is 5.69 Å². The lowest BCUT2D eigenvalue weighted by molar-refractivity contribution is -0.134. The zero-order valence-corrected chi connectivity index (χ0v) is 18.0. The molecule has 1 aliphatic heterocycles.